The molecule has 1 heterocycles. The molecule has 126 valence electrons. The number of aliphatic imine (C=N–C) groups is 1. The summed E-state index contributed by atoms with van der Waals surface area (Å²) in [6, 6.07) is 3.77. The first-order chi connectivity index (χ1) is 11.5. The third-order valence-corrected chi connectivity index (χ3v) is 6.57. The van der Waals surface area contributed by atoms with Gasteiger partial charge >= 0.3 is 5.97 Å². The monoisotopic (exact) mass is 567 g/mol. The van der Waals surface area contributed by atoms with E-state index in [1.165, 1.54) is 12.0 Å². The number of carbonyl (C=O) groups is 1. The zero-order valence-electron chi connectivity index (χ0n) is 12.9. The number of esters is 1. The van der Waals surface area contributed by atoms with Crippen LogP contribution in [0, 0.1) is 7.14 Å². The fraction of sp³-hybridized carbons (Fsp3) is 0.294. The Bertz CT molecular complexity index is 830. The van der Waals surface area contributed by atoms with E-state index in [0.717, 1.165) is 38.4 Å². The van der Waals surface area contributed by atoms with E-state index in [-0.39, 0.29) is 11.7 Å². The van der Waals surface area contributed by atoms with Crippen molar-refractivity contribution in [1.29, 1.82) is 0 Å². The van der Waals surface area contributed by atoms with Crippen LogP contribution >= 0.6 is 56.5 Å². The molecular weight excluding hydrogens is 552 g/mol. The molecule has 24 heavy (non-hydrogen) atoms. The number of aromatic hydroxyl groups is 1. The number of hydrogen-bond donors (Lipinski definition) is 1. The lowest BCUT2D eigenvalue weighted by atomic mass is 9.95. The van der Waals surface area contributed by atoms with Gasteiger partial charge in [-0.25, -0.2) is 9.79 Å². The fourth-order valence-electron chi connectivity index (χ4n) is 2.77. The number of aryl methyl sites for hydroxylation is 1. The summed E-state index contributed by atoms with van der Waals surface area (Å²) in [7, 11) is 1.40. The first kappa shape index (κ1) is 18.1. The van der Waals surface area contributed by atoms with Gasteiger partial charge in [0.25, 0.3) is 0 Å². The molecule has 0 saturated heterocycles. The average molecular weight is 567 g/mol. The molecule has 1 N–H and O–H groups in total. The predicted molar refractivity (Wildman–Crippen MR) is 113 cm³/mol. The van der Waals surface area contributed by atoms with Gasteiger partial charge in [-0.05, 0) is 88.6 Å². The van der Waals surface area contributed by atoms with Gasteiger partial charge in [-0.2, -0.15) is 0 Å². The van der Waals surface area contributed by atoms with E-state index in [2.05, 4.69) is 50.2 Å². The van der Waals surface area contributed by atoms with Crippen LogP contribution in [0.5, 0.6) is 5.75 Å². The number of ether oxygens (including phenoxy) is 1. The standard InChI is InChI=1S/C17H15I2NO3S/c1-23-17(22)14-11-4-2-3-5-13(11)24-16(14)20-8-9-6-10(18)7-12(19)15(9)21/h6-8,21H,2-5H2,1H3. The van der Waals surface area contributed by atoms with E-state index in [0.29, 0.717) is 16.1 Å². The number of phenols is 1. The van der Waals surface area contributed by atoms with Crippen LogP contribution in [0.2, 0.25) is 0 Å². The summed E-state index contributed by atoms with van der Waals surface area (Å²) in [5.41, 5.74) is 2.33. The van der Waals surface area contributed by atoms with Crippen LogP contribution in [0.1, 0.15) is 39.2 Å². The molecule has 0 aliphatic heterocycles. The summed E-state index contributed by atoms with van der Waals surface area (Å²) in [4.78, 5) is 18.0. The second-order valence-corrected chi connectivity index (χ2v) is 8.96. The molecule has 0 radical (unpaired) electrons. The van der Waals surface area contributed by atoms with Gasteiger partial charge in [0.2, 0.25) is 0 Å². The number of benzene rings is 1. The molecule has 1 aliphatic rings. The number of thiophene rings is 1. The summed E-state index contributed by atoms with van der Waals surface area (Å²) < 4.78 is 6.76. The largest absolute Gasteiger partial charge is 0.506 e. The summed E-state index contributed by atoms with van der Waals surface area (Å²) in [5.74, 6) is -0.122. The van der Waals surface area contributed by atoms with E-state index >= 15 is 0 Å². The van der Waals surface area contributed by atoms with Crippen LogP contribution in [-0.4, -0.2) is 24.4 Å². The van der Waals surface area contributed by atoms with Crippen molar-refractivity contribution in [3.63, 3.8) is 0 Å². The smallest absolute Gasteiger partial charge is 0.341 e. The third kappa shape index (κ3) is 3.62. The van der Waals surface area contributed by atoms with Crippen molar-refractivity contribution in [3.8, 4) is 5.75 Å². The molecule has 7 heteroatoms. The highest BCUT2D eigenvalue weighted by Crippen LogP contribution is 2.40. The molecule has 3 rings (SSSR count). The molecule has 0 saturated carbocycles. The molecule has 1 aromatic carbocycles. The van der Waals surface area contributed by atoms with E-state index < -0.39 is 0 Å². The van der Waals surface area contributed by atoms with Crippen LogP contribution < -0.4 is 0 Å². The normalized spacial score (nSPS) is 14.0. The molecule has 1 aromatic heterocycles. The van der Waals surface area contributed by atoms with E-state index in [1.807, 2.05) is 12.1 Å². The van der Waals surface area contributed by atoms with Crippen molar-refractivity contribution in [1.82, 2.24) is 0 Å². The maximum absolute atomic E-state index is 12.2. The van der Waals surface area contributed by atoms with Crippen LogP contribution in [0.3, 0.4) is 0 Å². The second kappa shape index (κ2) is 7.69. The molecule has 0 unspecified atom stereocenters. The van der Waals surface area contributed by atoms with Gasteiger partial charge in [-0.15, -0.1) is 11.3 Å². The highest BCUT2D eigenvalue weighted by Gasteiger charge is 2.25. The molecular formula is C17H15I2NO3S. The Kier molecular flexibility index (Phi) is 5.81. The van der Waals surface area contributed by atoms with Crippen LogP contribution in [0.15, 0.2) is 17.1 Å². The molecule has 4 nitrogen and oxygen atoms in total. The Morgan fingerprint density at radius 3 is 2.83 bits per heavy atom. The van der Waals surface area contributed by atoms with Crippen molar-refractivity contribution in [2.45, 2.75) is 25.7 Å². The van der Waals surface area contributed by atoms with Crippen molar-refractivity contribution >= 4 is 73.7 Å². The lowest BCUT2D eigenvalue weighted by Gasteiger charge is -2.11. The maximum atomic E-state index is 12.2. The quantitative estimate of drug-likeness (QED) is 0.320. The lowest BCUT2D eigenvalue weighted by Crippen LogP contribution is -2.07. The molecule has 0 fully saturated rings. The number of phenolic OH excluding ortho intramolecular Hbond substituents is 1. The van der Waals surface area contributed by atoms with Crippen LogP contribution in [0.4, 0.5) is 5.00 Å². The van der Waals surface area contributed by atoms with Crippen LogP contribution in [0.25, 0.3) is 0 Å². The van der Waals surface area contributed by atoms with Crippen molar-refractivity contribution in [2.24, 2.45) is 4.99 Å². The fourth-order valence-corrected chi connectivity index (χ4v) is 5.88. The molecule has 0 amide bonds. The van der Waals surface area contributed by atoms with Crippen molar-refractivity contribution < 1.29 is 14.6 Å². The minimum absolute atomic E-state index is 0.209. The summed E-state index contributed by atoms with van der Waals surface area (Å²) in [6.07, 6.45) is 5.76. The van der Waals surface area contributed by atoms with Gasteiger partial charge in [-0.1, -0.05) is 0 Å². The number of carbonyl (C=O) groups excluding carboxylic acids is 1. The molecule has 0 spiro atoms. The number of hydrogen-bond acceptors (Lipinski definition) is 5. The maximum Gasteiger partial charge on any atom is 0.341 e. The van der Waals surface area contributed by atoms with Gasteiger partial charge in [0.1, 0.15) is 10.8 Å². The van der Waals surface area contributed by atoms with E-state index in [1.54, 1.807) is 17.6 Å². The zero-order valence-corrected chi connectivity index (χ0v) is 18.1. The summed E-state index contributed by atoms with van der Waals surface area (Å²) in [5, 5.41) is 10.9. The van der Waals surface area contributed by atoms with Crippen LogP contribution in [-0.2, 0) is 17.6 Å². The molecule has 0 atom stereocenters. The Balaban J connectivity index is 2.04. The first-order valence-corrected chi connectivity index (χ1v) is 10.4. The molecule has 2 aromatic rings. The van der Waals surface area contributed by atoms with Gasteiger partial charge in [0, 0.05) is 20.2 Å². The van der Waals surface area contributed by atoms with Gasteiger partial charge in [0.15, 0.2) is 0 Å². The minimum atomic E-state index is -0.331. The van der Waals surface area contributed by atoms with E-state index in [9.17, 15) is 9.90 Å². The lowest BCUT2D eigenvalue weighted by molar-refractivity contribution is 0.0601. The zero-order chi connectivity index (χ0) is 17.3. The first-order valence-electron chi connectivity index (χ1n) is 7.46. The summed E-state index contributed by atoms with van der Waals surface area (Å²) >= 11 is 5.86. The molecule has 0 bridgehead atoms. The Morgan fingerprint density at radius 1 is 1.33 bits per heavy atom. The van der Waals surface area contributed by atoms with Crippen molar-refractivity contribution in [3.05, 3.63) is 40.8 Å². The minimum Gasteiger partial charge on any atom is -0.506 e. The van der Waals surface area contributed by atoms with E-state index in [4.69, 9.17) is 4.74 Å². The highest BCUT2D eigenvalue weighted by atomic mass is 127. The number of nitrogens with zero attached hydrogens (tertiary/aromatic N) is 1. The highest BCUT2D eigenvalue weighted by molar-refractivity contribution is 14.1. The number of fused-ring (bicyclic) bond motifs is 1. The van der Waals surface area contributed by atoms with Gasteiger partial charge < -0.3 is 9.84 Å². The third-order valence-electron chi connectivity index (χ3n) is 3.92. The predicted octanol–water partition coefficient (Wildman–Crippen LogP) is 5.08. The topological polar surface area (TPSA) is 58.9 Å². The number of methoxy groups -OCH3 is 1. The van der Waals surface area contributed by atoms with Gasteiger partial charge in [0.05, 0.1) is 16.2 Å². The Hall–Kier alpha value is -0.680. The number of rotatable bonds is 3. The summed E-state index contributed by atoms with van der Waals surface area (Å²) in [6.45, 7) is 0. The average Bonchev–Trinajstić information content (AvgIpc) is 2.94. The number of halogens is 2. The molecule has 1 aliphatic carbocycles. The van der Waals surface area contributed by atoms with Crippen molar-refractivity contribution in [2.75, 3.05) is 7.11 Å². The SMILES string of the molecule is COC(=O)c1c(N=Cc2cc(I)cc(I)c2O)sc2c1CCCC2. The van der Waals surface area contributed by atoms with Gasteiger partial charge in [-0.3, -0.25) is 0 Å². The Morgan fingerprint density at radius 2 is 2.08 bits per heavy atom. The second-order valence-electron chi connectivity index (χ2n) is 5.47. The Labute approximate surface area is 171 Å².